The summed E-state index contributed by atoms with van der Waals surface area (Å²) in [7, 11) is 0. The first-order valence-corrected chi connectivity index (χ1v) is 12.3. The van der Waals surface area contributed by atoms with Gasteiger partial charge in [-0.15, -0.1) is 0 Å². The Hall–Kier alpha value is -2.97. The summed E-state index contributed by atoms with van der Waals surface area (Å²) in [5.41, 5.74) is 4.24. The molecular formula is C26H22Br2N2O4. The number of para-hydroxylation sites is 1. The van der Waals surface area contributed by atoms with Gasteiger partial charge in [-0.25, -0.2) is 0 Å². The molecule has 0 N–H and O–H groups in total. The number of anilines is 1. The zero-order valence-electron chi connectivity index (χ0n) is 18.6. The van der Waals surface area contributed by atoms with E-state index in [1.54, 1.807) is 12.1 Å². The number of halogens is 2. The van der Waals surface area contributed by atoms with Gasteiger partial charge in [0.25, 0.3) is 11.6 Å². The minimum atomic E-state index is -0.430. The highest BCUT2D eigenvalue weighted by atomic mass is 79.9. The van der Waals surface area contributed by atoms with Crippen LogP contribution in [0.3, 0.4) is 0 Å². The Morgan fingerprint density at radius 2 is 1.71 bits per heavy atom. The zero-order valence-corrected chi connectivity index (χ0v) is 21.8. The second kappa shape index (κ2) is 10.1. The number of amides is 1. The lowest BCUT2D eigenvalue weighted by Gasteiger charge is -2.19. The molecule has 3 aromatic carbocycles. The lowest BCUT2D eigenvalue weighted by molar-refractivity contribution is -0.384. The van der Waals surface area contributed by atoms with E-state index < -0.39 is 4.92 Å². The fraction of sp³-hybridized carbons (Fsp3) is 0.192. The van der Waals surface area contributed by atoms with E-state index in [2.05, 4.69) is 45.7 Å². The van der Waals surface area contributed by atoms with Crippen LogP contribution in [0, 0.1) is 16.0 Å². The van der Waals surface area contributed by atoms with Crippen molar-refractivity contribution in [2.75, 3.05) is 11.4 Å². The first-order valence-electron chi connectivity index (χ1n) is 10.7. The van der Waals surface area contributed by atoms with Crippen molar-refractivity contribution in [1.29, 1.82) is 0 Å². The molecule has 0 aliphatic carbocycles. The molecule has 6 nitrogen and oxygen atoms in total. The normalized spacial score (nSPS) is 14.1. The van der Waals surface area contributed by atoms with Crippen LogP contribution in [0.25, 0.3) is 11.6 Å². The molecule has 1 amide bonds. The molecule has 1 heterocycles. The summed E-state index contributed by atoms with van der Waals surface area (Å²) < 4.78 is 7.42. The number of hydrogen-bond donors (Lipinski definition) is 0. The molecule has 174 valence electrons. The predicted molar refractivity (Wildman–Crippen MR) is 141 cm³/mol. The molecule has 0 radical (unpaired) electrons. The Labute approximate surface area is 214 Å². The molecule has 0 bridgehead atoms. The van der Waals surface area contributed by atoms with Gasteiger partial charge in [0.05, 0.1) is 19.6 Å². The fourth-order valence-electron chi connectivity index (χ4n) is 3.83. The molecule has 1 aliphatic rings. The van der Waals surface area contributed by atoms with Crippen LogP contribution in [0.2, 0.25) is 0 Å². The molecule has 0 atom stereocenters. The summed E-state index contributed by atoms with van der Waals surface area (Å²) in [4.78, 5) is 25.5. The van der Waals surface area contributed by atoms with Crippen molar-refractivity contribution in [3.8, 4) is 5.75 Å². The number of nitrogens with zero attached hydrogens (tertiary/aromatic N) is 2. The van der Waals surface area contributed by atoms with Gasteiger partial charge in [-0.3, -0.25) is 14.9 Å². The lowest BCUT2D eigenvalue weighted by atomic mass is 10.0. The molecule has 0 saturated carbocycles. The van der Waals surface area contributed by atoms with Gasteiger partial charge in [0.1, 0.15) is 12.4 Å². The van der Waals surface area contributed by atoms with Crippen molar-refractivity contribution in [2.24, 2.45) is 5.92 Å². The molecule has 0 fully saturated rings. The van der Waals surface area contributed by atoms with Gasteiger partial charge < -0.3 is 9.64 Å². The molecule has 0 saturated heterocycles. The van der Waals surface area contributed by atoms with E-state index in [1.807, 2.05) is 47.4 Å². The van der Waals surface area contributed by atoms with E-state index in [0.29, 0.717) is 23.8 Å². The Morgan fingerprint density at radius 3 is 2.32 bits per heavy atom. The van der Waals surface area contributed by atoms with Crippen LogP contribution in [0.15, 0.2) is 69.6 Å². The van der Waals surface area contributed by atoms with Crippen molar-refractivity contribution < 1.29 is 14.5 Å². The number of nitro groups is 1. The molecule has 3 aromatic rings. The number of nitro benzene ring substituents is 1. The maximum Gasteiger partial charge on any atom is 0.269 e. The van der Waals surface area contributed by atoms with Crippen LogP contribution in [0.1, 0.15) is 30.5 Å². The SMILES string of the molecule is CC(C)CN1C(=O)/C(=C\c2cc(Br)c(OCc3ccc([N+](=O)[O-])cc3)c(Br)c2)c2ccccc21. The monoisotopic (exact) mass is 584 g/mol. The van der Waals surface area contributed by atoms with Gasteiger partial charge in [0.2, 0.25) is 0 Å². The average molecular weight is 586 g/mol. The van der Waals surface area contributed by atoms with E-state index >= 15 is 0 Å². The molecule has 1 aliphatic heterocycles. The molecule has 0 spiro atoms. The first kappa shape index (κ1) is 24.2. The number of hydrogen-bond acceptors (Lipinski definition) is 4. The van der Waals surface area contributed by atoms with Crippen molar-refractivity contribution in [1.82, 2.24) is 0 Å². The van der Waals surface area contributed by atoms with Crippen molar-refractivity contribution in [2.45, 2.75) is 20.5 Å². The molecule has 34 heavy (non-hydrogen) atoms. The number of rotatable bonds is 7. The van der Waals surface area contributed by atoms with Gasteiger partial charge >= 0.3 is 0 Å². The quantitative estimate of drug-likeness (QED) is 0.166. The number of benzene rings is 3. The van der Waals surface area contributed by atoms with Gasteiger partial charge in [0.15, 0.2) is 0 Å². The number of ether oxygens (including phenoxy) is 1. The van der Waals surface area contributed by atoms with E-state index in [-0.39, 0.29) is 18.2 Å². The highest BCUT2D eigenvalue weighted by molar-refractivity contribution is 9.11. The maximum absolute atomic E-state index is 13.2. The predicted octanol–water partition coefficient (Wildman–Crippen LogP) is 7.24. The van der Waals surface area contributed by atoms with Crippen LogP contribution in [0.4, 0.5) is 11.4 Å². The number of fused-ring (bicyclic) bond motifs is 1. The Kier molecular flexibility index (Phi) is 7.19. The van der Waals surface area contributed by atoms with Gasteiger partial charge in [0, 0.05) is 29.8 Å². The Bertz CT molecular complexity index is 1260. The molecule has 8 heteroatoms. The minimum Gasteiger partial charge on any atom is -0.487 e. The number of carbonyl (C=O) groups excluding carboxylic acids is 1. The summed E-state index contributed by atoms with van der Waals surface area (Å²) in [6.45, 7) is 5.12. The topological polar surface area (TPSA) is 72.7 Å². The average Bonchev–Trinajstić information content (AvgIpc) is 3.04. The summed E-state index contributed by atoms with van der Waals surface area (Å²) in [5.74, 6) is 0.965. The van der Waals surface area contributed by atoms with Crippen LogP contribution >= 0.6 is 31.9 Å². The molecule has 4 rings (SSSR count). The standard InChI is InChI=1S/C26H22Br2N2O4/c1-16(2)14-29-24-6-4-3-5-20(24)21(26(29)31)11-18-12-22(27)25(23(28)13-18)34-15-17-7-9-19(10-8-17)30(32)33/h3-13,16H,14-15H2,1-2H3/b21-11-. The van der Waals surface area contributed by atoms with Gasteiger partial charge in [-0.2, -0.15) is 0 Å². The summed E-state index contributed by atoms with van der Waals surface area (Å²) in [5, 5.41) is 10.8. The number of carbonyl (C=O) groups is 1. The fourth-order valence-corrected chi connectivity index (χ4v) is 5.28. The number of non-ortho nitro benzene ring substituents is 1. The maximum atomic E-state index is 13.2. The Morgan fingerprint density at radius 1 is 1.06 bits per heavy atom. The van der Waals surface area contributed by atoms with E-state index in [4.69, 9.17) is 4.74 Å². The van der Waals surface area contributed by atoms with Gasteiger partial charge in [-0.1, -0.05) is 32.0 Å². The van der Waals surface area contributed by atoms with Crippen LogP contribution in [-0.4, -0.2) is 17.4 Å². The molecule has 0 unspecified atom stereocenters. The molecule has 0 aromatic heterocycles. The summed E-state index contributed by atoms with van der Waals surface area (Å²) >= 11 is 7.15. The zero-order chi connectivity index (χ0) is 24.4. The highest BCUT2D eigenvalue weighted by Crippen LogP contribution is 2.40. The van der Waals surface area contributed by atoms with Crippen molar-refractivity contribution in [3.05, 3.63) is 96.4 Å². The first-order chi connectivity index (χ1) is 16.2. The van der Waals surface area contributed by atoms with E-state index in [1.165, 1.54) is 12.1 Å². The smallest absolute Gasteiger partial charge is 0.269 e. The van der Waals surface area contributed by atoms with E-state index in [0.717, 1.165) is 31.3 Å². The van der Waals surface area contributed by atoms with E-state index in [9.17, 15) is 14.9 Å². The summed E-state index contributed by atoms with van der Waals surface area (Å²) in [6.07, 6.45) is 1.90. The molecular weight excluding hydrogens is 564 g/mol. The summed E-state index contributed by atoms with van der Waals surface area (Å²) in [6, 6.07) is 17.9. The van der Waals surface area contributed by atoms with Crippen molar-refractivity contribution in [3.63, 3.8) is 0 Å². The Balaban J connectivity index is 1.58. The van der Waals surface area contributed by atoms with Crippen LogP contribution in [0.5, 0.6) is 5.75 Å². The third-order valence-corrected chi connectivity index (χ3v) is 6.55. The van der Waals surface area contributed by atoms with Crippen molar-refractivity contribution >= 4 is 60.8 Å². The third-order valence-electron chi connectivity index (χ3n) is 5.37. The lowest BCUT2D eigenvalue weighted by Crippen LogP contribution is -2.30. The largest absolute Gasteiger partial charge is 0.487 e. The second-order valence-corrected chi connectivity index (χ2v) is 10.1. The van der Waals surface area contributed by atoms with Crippen LogP contribution < -0.4 is 9.64 Å². The highest BCUT2D eigenvalue weighted by Gasteiger charge is 2.32. The second-order valence-electron chi connectivity index (χ2n) is 8.41. The minimum absolute atomic E-state index is 0.000595. The van der Waals surface area contributed by atoms with Gasteiger partial charge in [-0.05, 0) is 85.3 Å². The third kappa shape index (κ3) is 5.08. The van der Waals surface area contributed by atoms with Crippen LogP contribution in [-0.2, 0) is 11.4 Å².